The zero-order chi connectivity index (χ0) is 13.8. The van der Waals surface area contributed by atoms with E-state index in [0.29, 0.717) is 0 Å². The first-order chi connectivity index (χ1) is 9.13. The Morgan fingerprint density at radius 3 is 2.42 bits per heavy atom. The molecule has 0 aromatic heterocycles. The number of rotatable bonds is 4. The van der Waals surface area contributed by atoms with Gasteiger partial charge in [-0.2, -0.15) is 0 Å². The minimum absolute atomic E-state index is 0.128. The minimum Gasteiger partial charge on any atom is -0.326 e. The molecule has 0 bridgehead atoms. The average Bonchev–Trinajstić information content (AvgIpc) is 2.43. The van der Waals surface area contributed by atoms with Gasteiger partial charge in [-0.3, -0.25) is 4.90 Å². The lowest BCUT2D eigenvalue weighted by Gasteiger charge is -2.40. The Labute approximate surface area is 121 Å². The van der Waals surface area contributed by atoms with Crippen LogP contribution in [0.2, 0.25) is 5.02 Å². The fourth-order valence-corrected chi connectivity index (χ4v) is 2.98. The lowest BCUT2D eigenvalue weighted by Crippen LogP contribution is -2.50. The molecule has 0 aliphatic carbocycles. The molecule has 1 aromatic rings. The lowest BCUT2D eigenvalue weighted by molar-refractivity contribution is 0.0969. The smallest absolute Gasteiger partial charge is 0.0514 e. The van der Waals surface area contributed by atoms with E-state index in [9.17, 15) is 0 Å². The van der Waals surface area contributed by atoms with E-state index in [0.717, 1.165) is 37.6 Å². The second kappa shape index (κ2) is 6.71. The van der Waals surface area contributed by atoms with Gasteiger partial charge in [-0.25, -0.2) is 0 Å². The second-order valence-electron chi connectivity index (χ2n) is 5.38. The predicted octanol–water partition coefficient (Wildman–Crippen LogP) is 2.37. The van der Waals surface area contributed by atoms with Gasteiger partial charge in [-0.1, -0.05) is 36.7 Å². The fraction of sp³-hybridized carbons (Fsp3) is 0.600. The molecule has 0 radical (unpaired) electrons. The Morgan fingerprint density at radius 1 is 1.21 bits per heavy atom. The van der Waals surface area contributed by atoms with Gasteiger partial charge in [0.05, 0.1) is 6.04 Å². The molecule has 106 valence electrons. The van der Waals surface area contributed by atoms with E-state index in [-0.39, 0.29) is 12.1 Å². The van der Waals surface area contributed by atoms with Gasteiger partial charge in [0, 0.05) is 37.2 Å². The van der Waals surface area contributed by atoms with E-state index in [4.69, 9.17) is 17.3 Å². The van der Waals surface area contributed by atoms with Crippen molar-refractivity contribution in [3.63, 3.8) is 0 Å². The Kier molecular flexibility index (Phi) is 5.22. The normalized spacial score (nSPS) is 21.3. The molecule has 1 fully saturated rings. The standard InChI is InChI=1S/C15H24ClN3/c1-3-14(17)15(12-6-4-5-7-13(12)16)19-10-8-18(2)9-11-19/h4-7,14-15H,3,8-11,17H2,1-2H3. The maximum Gasteiger partial charge on any atom is 0.0514 e. The summed E-state index contributed by atoms with van der Waals surface area (Å²) in [5.74, 6) is 0. The minimum atomic E-state index is 0.128. The number of nitrogens with two attached hydrogens (primary N) is 1. The first kappa shape index (κ1) is 14.8. The summed E-state index contributed by atoms with van der Waals surface area (Å²) in [4.78, 5) is 4.84. The van der Waals surface area contributed by atoms with Crippen LogP contribution in [0.25, 0.3) is 0 Å². The van der Waals surface area contributed by atoms with Crippen LogP contribution in [0, 0.1) is 0 Å². The summed E-state index contributed by atoms with van der Waals surface area (Å²) in [7, 11) is 2.17. The van der Waals surface area contributed by atoms with Crippen LogP contribution in [0.3, 0.4) is 0 Å². The third-order valence-electron chi connectivity index (χ3n) is 4.03. The second-order valence-corrected chi connectivity index (χ2v) is 5.78. The van der Waals surface area contributed by atoms with Crippen LogP contribution in [0.5, 0.6) is 0 Å². The zero-order valence-electron chi connectivity index (χ0n) is 11.8. The highest BCUT2D eigenvalue weighted by atomic mass is 35.5. The van der Waals surface area contributed by atoms with E-state index in [1.54, 1.807) is 0 Å². The molecule has 2 unspecified atom stereocenters. The SMILES string of the molecule is CCC(N)C(c1ccccc1Cl)N1CCN(C)CC1. The molecule has 1 saturated heterocycles. The van der Waals surface area contributed by atoms with Gasteiger partial charge in [-0.15, -0.1) is 0 Å². The summed E-state index contributed by atoms with van der Waals surface area (Å²) in [5.41, 5.74) is 7.54. The van der Waals surface area contributed by atoms with E-state index in [1.807, 2.05) is 18.2 Å². The van der Waals surface area contributed by atoms with Gasteiger partial charge < -0.3 is 10.6 Å². The molecular formula is C15H24ClN3. The zero-order valence-corrected chi connectivity index (χ0v) is 12.6. The Balaban J connectivity index is 2.24. The van der Waals surface area contributed by atoms with Gasteiger partial charge in [0.25, 0.3) is 0 Å². The summed E-state index contributed by atoms with van der Waals surface area (Å²) in [6, 6.07) is 8.45. The number of hydrogen-bond acceptors (Lipinski definition) is 3. The van der Waals surface area contributed by atoms with Crippen LogP contribution in [0.1, 0.15) is 24.9 Å². The van der Waals surface area contributed by atoms with Crippen molar-refractivity contribution in [1.29, 1.82) is 0 Å². The van der Waals surface area contributed by atoms with Crippen molar-refractivity contribution in [2.45, 2.75) is 25.4 Å². The molecule has 19 heavy (non-hydrogen) atoms. The van der Waals surface area contributed by atoms with Crippen molar-refractivity contribution in [2.75, 3.05) is 33.2 Å². The van der Waals surface area contributed by atoms with Gasteiger partial charge in [0.1, 0.15) is 0 Å². The molecule has 2 N–H and O–H groups in total. The number of likely N-dealkylation sites (N-methyl/N-ethyl adjacent to an activating group) is 1. The first-order valence-corrected chi connectivity index (χ1v) is 7.44. The molecule has 0 spiro atoms. The Bertz CT molecular complexity index is 402. The first-order valence-electron chi connectivity index (χ1n) is 7.06. The van der Waals surface area contributed by atoms with E-state index < -0.39 is 0 Å². The molecule has 1 aromatic carbocycles. The van der Waals surface area contributed by atoms with E-state index in [1.165, 1.54) is 5.56 Å². The van der Waals surface area contributed by atoms with Crippen molar-refractivity contribution in [3.8, 4) is 0 Å². The molecule has 2 atom stereocenters. The summed E-state index contributed by atoms with van der Waals surface area (Å²) in [6.07, 6.45) is 0.961. The van der Waals surface area contributed by atoms with Crippen molar-refractivity contribution in [2.24, 2.45) is 5.73 Å². The highest BCUT2D eigenvalue weighted by Gasteiger charge is 2.29. The summed E-state index contributed by atoms with van der Waals surface area (Å²) in [5, 5.41) is 0.829. The molecular weight excluding hydrogens is 258 g/mol. The summed E-state index contributed by atoms with van der Waals surface area (Å²) >= 11 is 6.38. The quantitative estimate of drug-likeness (QED) is 0.920. The molecule has 1 aliphatic heterocycles. The number of benzene rings is 1. The maximum atomic E-state index is 6.38. The molecule has 2 rings (SSSR count). The summed E-state index contributed by atoms with van der Waals surface area (Å²) < 4.78 is 0. The van der Waals surface area contributed by atoms with Crippen molar-refractivity contribution in [3.05, 3.63) is 34.9 Å². The molecule has 0 saturated carbocycles. The van der Waals surface area contributed by atoms with Crippen LogP contribution in [0.15, 0.2) is 24.3 Å². The molecule has 3 nitrogen and oxygen atoms in total. The Hall–Kier alpha value is -0.610. The monoisotopic (exact) mass is 281 g/mol. The third kappa shape index (κ3) is 3.48. The number of piperazine rings is 1. The lowest BCUT2D eigenvalue weighted by atomic mass is 9.95. The number of hydrogen-bond donors (Lipinski definition) is 1. The number of halogens is 1. The van der Waals surface area contributed by atoms with Crippen molar-refractivity contribution >= 4 is 11.6 Å². The third-order valence-corrected chi connectivity index (χ3v) is 4.38. The van der Waals surface area contributed by atoms with Gasteiger partial charge in [-0.05, 0) is 25.1 Å². The van der Waals surface area contributed by atoms with Crippen LogP contribution < -0.4 is 5.73 Å². The predicted molar refractivity (Wildman–Crippen MR) is 81.5 cm³/mol. The van der Waals surface area contributed by atoms with Crippen LogP contribution in [0.4, 0.5) is 0 Å². The van der Waals surface area contributed by atoms with Gasteiger partial charge in [0.2, 0.25) is 0 Å². The molecule has 0 amide bonds. The fourth-order valence-electron chi connectivity index (χ4n) is 2.74. The van der Waals surface area contributed by atoms with Gasteiger partial charge >= 0.3 is 0 Å². The summed E-state index contributed by atoms with van der Waals surface area (Å²) in [6.45, 7) is 6.44. The maximum absolute atomic E-state index is 6.38. The largest absolute Gasteiger partial charge is 0.326 e. The average molecular weight is 282 g/mol. The highest BCUT2D eigenvalue weighted by Crippen LogP contribution is 2.31. The topological polar surface area (TPSA) is 32.5 Å². The van der Waals surface area contributed by atoms with Crippen molar-refractivity contribution in [1.82, 2.24) is 9.80 Å². The molecule has 4 heteroatoms. The molecule has 1 aliphatic rings. The molecule has 1 heterocycles. The van der Waals surface area contributed by atoms with Gasteiger partial charge in [0.15, 0.2) is 0 Å². The van der Waals surface area contributed by atoms with Crippen molar-refractivity contribution < 1.29 is 0 Å². The van der Waals surface area contributed by atoms with E-state index in [2.05, 4.69) is 29.8 Å². The van der Waals surface area contributed by atoms with Crippen LogP contribution >= 0.6 is 11.6 Å². The number of nitrogens with zero attached hydrogens (tertiary/aromatic N) is 2. The highest BCUT2D eigenvalue weighted by molar-refractivity contribution is 6.31. The van der Waals surface area contributed by atoms with Crippen LogP contribution in [-0.4, -0.2) is 49.1 Å². The van der Waals surface area contributed by atoms with Crippen LogP contribution in [-0.2, 0) is 0 Å². The van der Waals surface area contributed by atoms with E-state index >= 15 is 0 Å². The Morgan fingerprint density at radius 2 is 1.84 bits per heavy atom.